The molecule has 5 rings (SSSR count). The topological polar surface area (TPSA) is 94.6 Å². The molecule has 1 saturated heterocycles. The van der Waals surface area contributed by atoms with Gasteiger partial charge in [0.25, 0.3) is 17.7 Å². The lowest BCUT2D eigenvalue weighted by molar-refractivity contribution is 0.0664. The lowest BCUT2D eigenvalue weighted by atomic mass is 9.91. The van der Waals surface area contributed by atoms with E-state index in [0.29, 0.717) is 40.5 Å². The Morgan fingerprint density at radius 2 is 1.76 bits per heavy atom. The molecule has 0 spiro atoms. The van der Waals surface area contributed by atoms with Crippen LogP contribution in [0.4, 0.5) is 9.52 Å². The number of thiazole rings is 1. The van der Waals surface area contributed by atoms with E-state index in [2.05, 4.69) is 20.5 Å². The second-order valence-electron chi connectivity index (χ2n) is 9.53. The average molecular weight is 522 g/mol. The number of nitrogens with one attached hydrogen (secondary N) is 2. The summed E-state index contributed by atoms with van der Waals surface area (Å²) in [7, 11) is 2.01. The predicted octanol–water partition coefficient (Wildman–Crippen LogP) is 3.79. The Hall–Kier alpha value is -3.63. The minimum absolute atomic E-state index is 0.125. The molecule has 8 nitrogen and oxygen atoms in total. The fourth-order valence-electron chi connectivity index (χ4n) is 4.33. The Bertz CT molecular complexity index is 1350. The molecule has 2 heterocycles. The first-order valence-electron chi connectivity index (χ1n) is 12.2. The molecule has 0 radical (unpaired) electrons. The van der Waals surface area contributed by atoms with Gasteiger partial charge in [0.15, 0.2) is 5.13 Å². The molecular weight excluding hydrogens is 493 g/mol. The van der Waals surface area contributed by atoms with Crippen LogP contribution in [-0.2, 0) is 0 Å². The van der Waals surface area contributed by atoms with Gasteiger partial charge in [0.1, 0.15) is 5.82 Å². The molecule has 1 saturated carbocycles. The number of aromatic nitrogens is 1. The highest BCUT2D eigenvalue weighted by molar-refractivity contribution is 7.13. The van der Waals surface area contributed by atoms with E-state index in [4.69, 9.17) is 0 Å². The first-order chi connectivity index (χ1) is 17.8. The van der Waals surface area contributed by atoms with E-state index in [-0.39, 0.29) is 29.0 Å². The first-order valence-corrected chi connectivity index (χ1v) is 13.1. The lowest BCUT2D eigenvalue weighted by Gasteiger charge is -2.32. The summed E-state index contributed by atoms with van der Waals surface area (Å²) in [5.41, 5.74) is 1.93. The molecule has 2 aliphatic rings. The van der Waals surface area contributed by atoms with Crippen LogP contribution in [0.2, 0.25) is 0 Å². The number of amides is 3. The number of hydrogen-bond donors (Lipinski definition) is 2. The van der Waals surface area contributed by atoms with E-state index in [0.717, 1.165) is 25.9 Å². The summed E-state index contributed by atoms with van der Waals surface area (Å²) in [5.74, 6) is -1.52. The van der Waals surface area contributed by atoms with Gasteiger partial charge in [0, 0.05) is 60.5 Å². The highest BCUT2D eigenvalue weighted by Crippen LogP contribution is 2.32. The van der Waals surface area contributed by atoms with Gasteiger partial charge in [0.2, 0.25) is 0 Å². The summed E-state index contributed by atoms with van der Waals surface area (Å²) in [4.78, 5) is 47.4. The minimum atomic E-state index is -0.540. The Kier molecular flexibility index (Phi) is 7.03. The van der Waals surface area contributed by atoms with Gasteiger partial charge in [-0.05, 0) is 67.8 Å². The van der Waals surface area contributed by atoms with Gasteiger partial charge >= 0.3 is 0 Å². The van der Waals surface area contributed by atoms with Gasteiger partial charge in [-0.15, -0.1) is 11.3 Å². The number of benzene rings is 2. The van der Waals surface area contributed by atoms with Gasteiger partial charge in [-0.25, -0.2) is 9.37 Å². The molecule has 2 aromatic carbocycles. The normalized spacial score (nSPS) is 15.9. The summed E-state index contributed by atoms with van der Waals surface area (Å²) < 4.78 is 15.0. The maximum atomic E-state index is 15.0. The largest absolute Gasteiger partial charge is 0.349 e. The molecule has 0 bridgehead atoms. The Labute approximate surface area is 218 Å². The number of carbonyl (C=O) groups is 3. The van der Waals surface area contributed by atoms with Crippen molar-refractivity contribution in [3.63, 3.8) is 0 Å². The molecule has 0 unspecified atom stereocenters. The maximum Gasteiger partial charge on any atom is 0.258 e. The summed E-state index contributed by atoms with van der Waals surface area (Å²) in [6.45, 7) is 4.35. The number of rotatable bonds is 6. The molecule has 2 fully saturated rings. The van der Waals surface area contributed by atoms with E-state index in [1.54, 1.807) is 47.7 Å². The first kappa shape index (κ1) is 25.0. The van der Waals surface area contributed by atoms with Crippen molar-refractivity contribution >= 4 is 34.2 Å². The number of hydrogen-bond acceptors (Lipinski definition) is 6. The number of anilines is 1. The smallest absolute Gasteiger partial charge is 0.258 e. The third kappa shape index (κ3) is 5.55. The Balaban J connectivity index is 1.55. The van der Waals surface area contributed by atoms with Gasteiger partial charge < -0.3 is 15.1 Å². The number of likely N-dealkylation sites (N-methyl/N-ethyl adjacent to an activating group) is 1. The molecular formula is C27H28FN5O3S. The molecule has 0 atom stereocenters. The van der Waals surface area contributed by atoms with Crippen molar-refractivity contribution in [2.45, 2.75) is 25.8 Å². The second kappa shape index (κ2) is 10.4. The molecule has 1 aliphatic heterocycles. The molecule has 10 heteroatoms. The number of piperazine rings is 1. The summed E-state index contributed by atoms with van der Waals surface area (Å²) >= 11 is 1.27. The SMILES string of the molecule is Cc1c(F)cc(C(=O)NC2CC2)cc1-c1ccc(C(=O)N2CCN(C)CC2)cc1C(=O)Nc1nccs1. The lowest BCUT2D eigenvalue weighted by Crippen LogP contribution is -2.47. The van der Waals surface area contributed by atoms with Crippen molar-refractivity contribution in [1.29, 1.82) is 0 Å². The van der Waals surface area contributed by atoms with Crippen molar-refractivity contribution in [2.75, 3.05) is 38.5 Å². The minimum Gasteiger partial charge on any atom is -0.349 e. The molecule has 1 aromatic heterocycles. The zero-order valence-corrected chi connectivity index (χ0v) is 21.5. The van der Waals surface area contributed by atoms with Crippen molar-refractivity contribution in [2.24, 2.45) is 0 Å². The van der Waals surface area contributed by atoms with E-state index in [1.807, 2.05) is 7.05 Å². The third-order valence-corrected chi connectivity index (χ3v) is 7.45. The average Bonchev–Trinajstić information content (AvgIpc) is 3.56. The number of nitrogens with zero attached hydrogens (tertiary/aromatic N) is 3. The second-order valence-corrected chi connectivity index (χ2v) is 10.4. The number of halogens is 1. The van der Waals surface area contributed by atoms with Crippen LogP contribution in [0.3, 0.4) is 0 Å². The van der Waals surface area contributed by atoms with Crippen LogP contribution in [0.5, 0.6) is 0 Å². The summed E-state index contributed by atoms with van der Waals surface area (Å²) in [6.07, 6.45) is 3.41. The molecule has 3 aromatic rings. The van der Waals surface area contributed by atoms with Crippen LogP contribution in [-0.4, -0.2) is 71.8 Å². The number of carbonyl (C=O) groups excluding carboxylic acids is 3. The standard InChI is InChI=1S/C27H28FN5O3S/c1-16-21(14-18(15-23(16)28)24(34)30-19-4-5-19)20-6-3-17(26(36)33-10-8-32(2)9-11-33)13-22(20)25(35)31-27-29-7-12-37-27/h3,6-7,12-15,19H,4-5,8-11H2,1-2H3,(H,30,34)(H,29,31,35). The van der Waals surface area contributed by atoms with E-state index < -0.39 is 11.7 Å². The fourth-order valence-corrected chi connectivity index (χ4v) is 4.85. The summed E-state index contributed by atoms with van der Waals surface area (Å²) in [5, 5.41) is 7.80. The van der Waals surface area contributed by atoms with E-state index in [1.165, 1.54) is 17.4 Å². The van der Waals surface area contributed by atoms with Gasteiger partial charge in [0.05, 0.1) is 0 Å². The monoisotopic (exact) mass is 521 g/mol. The third-order valence-electron chi connectivity index (χ3n) is 6.76. The Morgan fingerprint density at radius 1 is 1.00 bits per heavy atom. The Morgan fingerprint density at radius 3 is 2.43 bits per heavy atom. The zero-order chi connectivity index (χ0) is 26.1. The molecule has 1 aliphatic carbocycles. The van der Waals surface area contributed by atoms with Crippen LogP contribution in [0.25, 0.3) is 11.1 Å². The fraction of sp³-hybridized carbons (Fsp3) is 0.333. The van der Waals surface area contributed by atoms with Crippen molar-refractivity contribution < 1.29 is 18.8 Å². The zero-order valence-electron chi connectivity index (χ0n) is 20.7. The van der Waals surface area contributed by atoms with Crippen LogP contribution < -0.4 is 10.6 Å². The maximum absolute atomic E-state index is 15.0. The highest BCUT2D eigenvalue weighted by atomic mass is 32.1. The predicted molar refractivity (Wildman–Crippen MR) is 141 cm³/mol. The van der Waals surface area contributed by atoms with Crippen LogP contribution in [0.15, 0.2) is 41.9 Å². The van der Waals surface area contributed by atoms with Gasteiger partial charge in [-0.3, -0.25) is 19.7 Å². The van der Waals surface area contributed by atoms with Gasteiger partial charge in [-0.1, -0.05) is 6.07 Å². The highest BCUT2D eigenvalue weighted by Gasteiger charge is 2.27. The molecule has 37 heavy (non-hydrogen) atoms. The van der Waals surface area contributed by atoms with E-state index in [9.17, 15) is 14.4 Å². The van der Waals surface area contributed by atoms with E-state index >= 15 is 4.39 Å². The van der Waals surface area contributed by atoms with Gasteiger partial charge in [-0.2, -0.15) is 0 Å². The van der Waals surface area contributed by atoms with Crippen molar-refractivity contribution in [3.8, 4) is 11.1 Å². The van der Waals surface area contributed by atoms with Crippen molar-refractivity contribution in [3.05, 3.63) is 70.0 Å². The summed E-state index contributed by atoms with van der Waals surface area (Å²) in [6, 6.07) is 7.81. The van der Waals surface area contributed by atoms with Crippen LogP contribution in [0.1, 0.15) is 49.5 Å². The quantitative estimate of drug-likeness (QED) is 0.515. The molecule has 192 valence electrons. The molecule has 3 amide bonds. The van der Waals surface area contributed by atoms with Crippen LogP contribution >= 0.6 is 11.3 Å². The van der Waals surface area contributed by atoms with Crippen molar-refractivity contribution in [1.82, 2.24) is 20.1 Å². The van der Waals surface area contributed by atoms with Crippen LogP contribution in [0, 0.1) is 12.7 Å². The molecule has 2 N–H and O–H groups in total.